The van der Waals surface area contributed by atoms with Crippen LogP contribution >= 0.6 is 0 Å². The largest absolute Gasteiger partial charge is 0.380 e. The van der Waals surface area contributed by atoms with Gasteiger partial charge in [0, 0.05) is 36.3 Å². The van der Waals surface area contributed by atoms with Gasteiger partial charge >= 0.3 is 0 Å². The molecule has 4 N–H and O–H groups in total. The predicted octanol–water partition coefficient (Wildman–Crippen LogP) is -0.248. The van der Waals surface area contributed by atoms with Crippen LogP contribution in [0, 0.1) is 0 Å². The normalized spacial score (nSPS) is 19.1. The number of hydrogen-bond acceptors (Lipinski definition) is 6. The highest BCUT2D eigenvalue weighted by Crippen LogP contribution is 2.32. The lowest BCUT2D eigenvalue weighted by molar-refractivity contribution is -0.137. The van der Waals surface area contributed by atoms with Gasteiger partial charge in [-0.05, 0) is 18.6 Å². The van der Waals surface area contributed by atoms with Crippen molar-refractivity contribution in [3.8, 4) is 0 Å². The van der Waals surface area contributed by atoms with Crippen LogP contribution in [0.25, 0.3) is 0 Å². The van der Waals surface area contributed by atoms with Crippen molar-refractivity contribution in [2.45, 2.75) is 31.8 Å². The summed E-state index contributed by atoms with van der Waals surface area (Å²) in [7, 11) is 0. The standard InChI is InChI=1S/C18H22N4O5/c19-7-9-27-8-6-16(24)20-13-3-1-2-11-12(13)10-22(18(11)26)14-4-5-15(23)21-17(14)25/h1-3,14H,4-10,19H2,(H,20,24)(H,21,23,25). The van der Waals surface area contributed by atoms with Crippen LogP contribution in [-0.2, 0) is 25.7 Å². The van der Waals surface area contributed by atoms with Crippen molar-refractivity contribution < 1.29 is 23.9 Å². The molecule has 0 bridgehead atoms. The summed E-state index contributed by atoms with van der Waals surface area (Å²) in [6.07, 6.45) is 0.669. The molecule has 1 saturated heterocycles. The van der Waals surface area contributed by atoms with Crippen LogP contribution in [0.3, 0.4) is 0 Å². The molecule has 1 unspecified atom stereocenters. The average molecular weight is 374 g/mol. The molecule has 1 atom stereocenters. The van der Waals surface area contributed by atoms with Crippen molar-refractivity contribution >= 4 is 29.3 Å². The first-order valence-corrected chi connectivity index (χ1v) is 8.85. The Morgan fingerprint density at radius 1 is 1.30 bits per heavy atom. The maximum absolute atomic E-state index is 12.7. The Morgan fingerprint density at radius 3 is 2.85 bits per heavy atom. The lowest BCUT2D eigenvalue weighted by Gasteiger charge is -2.29. The molecule has 0 spiro atoms. The van der Waals surface area contributed by atoms with Crippen molar-refractivity contribution in [3.63, 3.8) is 0 Å². The summed E-state index contributed by atoms with van der Waals surface area (Å²) in [5.41, 5.74) is 6.99. The first-order valence-electron chi connectivity index (χ1n) is 8.85. The fraction of sp³-hybridized carbons (Fsp3) is 0.444. The molecule has 2 heterocycles. The van der Waals surface area contributed by atoms with Gasteiger partial charge in [-0.25, -0.2) is 0 Å². The molecule has 2 aliphatic heterocycles. The number of nitrogens with zero attached hydrogens (tertiary/aromatic N) is 1. The van der Waals surface area contributed by atoms with E-state index in [2.05, 4.69) is 10.6 Å². The second kappa shape index (κ2) is 8.28. The predicted molar refractivity (Wildman–Crippen MR) is 95.6 cm³/mol. The van der Waals surface area contributed by atoms with Crippen LogP contribution in [0.5, 0.6) is 0 Å². The van der Waals surface area contributed by atoms with E-state index in [1.165, 1.54) is 4.90 Å². The van der Waals surface area contributed by atoms with E-state index in [4.69, 9.17) is 10.5 Å². The molecule has 27 heavy (non-hydrogen) atoms. The molecule has 4 amide bonds. The monoisotopic (exact) mass is 374 g/mol. The van der Waals surface area contributed by atoms with E-state index in [1.807, 2.05) is 0 Å². The van der Waals surface area contributed by atoms with E-state index >= 15 is 0 Å². The fourth-order valence-electron chi connectivity index (χ4n) is 3.27. The molecule has 3 rings (SSSR count). The first-order chi connectivity index (χ1) is 13.0. The first kappa shape index (κ1) is 19.0. The SMILES string of the molecule is NCCOCCC(=O)Nc1cccc2c1CN(C1CCC(=O)NC1=O)C2=O. The maximum Gasteiger partial charge on any atom is 0.255 e. The number of carbonyl (C=O) groups excluding carboxylic acids is 4. The summed E-state index contributed by atoms with van der Waals surface area (Å²) in [5, 5.41) is 5.07. The van der Waals surface area contributed by atoms with E-state index in [9.17, 15) is 19.2 Å². The minimum absolute atomic E-state index is 0.175. The van der Waals surface area contributed by atoms with Crippen LogP contribution in [0.15, 0.2) is 18.2 Å². The summed E-state index contributed by atoms with van der Waals surface area (Å²) in [6, 6.07) is 4.39. The number of fused-ring (bicyclic) bond motifs is 1. The number of rotatable bonds is 7. The molecular formula is C18H22N4O5. The number of benzene rings is 1. The van der Waals surface area contributed by atoms with E-state index < -0.39 is 11.9 Å². The number of piperidine rings is 1. The van der Waals surface area contributed by atoms with Crippen LogP contribution in [0.1, 0.15) is 35.2 Å². The maximum atomic E-state index is 12.7. The molecule has 1 aromatic rings. The number of imide groups is 1. The van der Waals surface area contributed by atoms with Gasteiger partial charge in [0.25, 0.3) is 5.91 Å². The van der Waals surface area contributed by atoms with Gasteiger partial charge in [0.05, 0.1) is 19.6 Å². The zero-order chi connectivity index (χ0) is 19.4. The van der Waals surface area contributed by atoms with E-state index in [0.29, 0.717) is 36.4 Å². The Labute approximate surface area is 156 Å². The molecule has 9 nitrogen and oxygen atoms in total. The van der Waals surface area contributed by atoms with Crippen LogP contribution in [0.2, 0.25) is 0 Å². The van der Waals surface area contributed by atoms with Gasteiger partial charge in [0.1, 0.15) is 6.04 Å². The number of nitrogens with two attached hydrogens (primary N) is 1. The smallest absolute Gasteiger partial charge is 0.255 e. The summed E-state index contributed by atoms with van der Waals surface area (Å²) in [6.45, 7) is 1.26. The van der Waals surface area contributed by atoms with Crippen LogP contribution in [0.4, 0.5) is 5.69 Å². The average Bonchev–Trinajstić information content (AvgIpc) is 2.97. The van der Waals surface area contributed by atoms with Gasteiger partial charge in [-0.2, -0.15) is 0 Å². The fourth-order valence-corrected chi connectivity index (χ4v) is 3.27. The van der Waals surface area contributed by atoms with Crippen molar-refractivity contribution in [1.29, 1.82) is 0 Å². The van der Waals surface area contributed by atoms with Gasteiger partial charge in [0.15, 0.2) is 0 Å². The molecule has 2 aliphatic rings. The van der Waals surface area contributed by atoms with Crippen LogP contribution in [-0.4, -0.2) is 54.3 Å². The number of amides is 4. The van der Waals surface area contributed by atoms with Crippen molar-refractivity contribution in [3.05, 3.63) is 29.3 Å². The Morgan fingerprint density at radius 2 is 2.11 bits per heavy atom. The van der Waals surface area contributed by atoms with Crippen molar-refractivity contribution in [2.75, 3.05) is 25.1 Å². The molecule has 0 aromatic heterocycles. The number of hydrogen-bond donors (Lipinski definition) is 3. The number of ether oxygens (including phenoxy) is 1. The Balaban J connectivity index is 1.69. The van der Waals surface area contributed by atoms with E-state index in [-0.39, 0.29) is 43.7 Å². The summed E-state index contributed by atoms with van der Waals surface area (Å²) >= 11 is 0. The third kappa shape index (κ3) is 4.15. The summed E-state index contributed by atoms with van der Waals surface area (Å²) in [5.74, 6) is -1.30. The van der Waals surface area contributed by atoms with E-state index in [0.717, 1.165) is 0 Å². The zero-order valence-corrected chi connectivity index (χ0v) is 14.8. The second-order valence-electron chi connectivity index (χ2n) is 6.43. The minimum Gasteiger partial charge on any atom is -0.380 e. The number of anilines is 1. The molecule has 144 valence electrons. The van der Waals surface area contributed by atoms with Gasteiger partial charge in [-0.3, -0.25) is 24.5 Å². The highest BCUT2D eigenvalue weighted by atomic mass is 16.5. The van der Waals surface area contributed by atoms with Gasteiger partial charge in [-0.15, -0.1) is 0 Å². The topological polar surface area (TPSA) is 131 Å². The lowest BCUT2D eigenvalue weighted by Crippen LogP contribution is -2.52. The summed E-state index contributed by atoms with van der Waals surface area (Å²) < 4.78 is 5.20. The molecule has 9 heteroatoms. The highest BCUT2D eigenvalue weighted by Gasteiger charge is 2.39. The van der Waals surface area contributed by atoms with E-state index in [1.54, 1.807) is 18.2 Å². The quantitative estimate of drug-likeness (QED) is 0.446. The zero-order valence-electron chi connectivity index (χ0n) is 14.8. The van der Waals surface area contributed by atoms with Gasteiger partial charge in [0.2, 0.25) is 17.7 Å². The number of carbonyl (C=O) groups is 4. The third-order valence-corrected chi connectivity index (χ3v) is 4.59. The highest BCUT2D eigenvalue weighted by molar-refractivity contribution is 6.06. The van der Waals surface area contributed by atoms with Crippen molar-refractivity contribution in [1.82, 2.24) is 10.2 Å². The molecule has 0 aliphatic carbocycles. The third-order valence-electron chi connectivity index (χ3n) is 4.59. The molecule has 0 radical (unpaired) electrons. The Hall–Kier alpha value is -2.78. The molecule has 1 aromatic carbocycles. The summed E-state index contributed by atoms with van der Waals surface area (Å²) in [4.78, 5) is 49.7. The Bertz CT molecular complexity index is 779. The molecule has 0 saturated carbocycles. The number of nitrogens with one attached hydrogen (secondary N) is 2. The minimum atomic E-state index is -0.684. The van der Waals surface area contributed by atoms with Crippen molar-refractivity contribution in [2.24, 2.45) is 5.73 Å². The molecule has 1 fully saturated rings. The molecular weight excluding hydrogens is 352 g/mol. The van der Waals surface area contributed by atoms with Crippen LogP contribution < -0.4 is 16.4 Å². The van der Waals surface area contributed by atoms with Gasteiger partial charge in [-0.1, -0.05) is 6.07 Å². The lowest BCUT2D eigenvalue weighted by atomic mass is 10.0. The Kier molecular flexibility index (Phi) is 5.82. The van der Waals surface area contributed by atoms with Gasteiger partial charge < -0.3 is 20.7 Å². The second-order valence-corrected chi connectivity index (χ2v) is 6.43.